The van der Waals surface area contributed by atoms with Crippen LogP contribution >= 0.6 is 0 Å². The molecule has 54 heavy (non-hydrogen) atoms. The molecule has 2 atom stereocenters. The summed E-state index contributed by atoms with van der Waals surface area (Å²) in [5, 5.41) is 22.9. The summed E-state index contributed by atoms with van der Waals surface area (Å²) in [6.45, 7) is 4.17. The summed E-state index contributed by atoms with van der Waals surface area (Å²) in [5.41, 5.74) is 0. The summed E-state index contributed by atoms with van der Waals surface area (Å²) in [7, 11) is 0. The van der Waals surface area contributed by atoms with Gasteiger partial charge in [-0.1, -0.05) is 229 Å². The van der Waals surface area contributed by atoms with Crippen LogP contribution in [0.25, 0.3) is 0 Å². The molecule has 0 spiro atoms. The zero-order valence-electron chi connectivity index (χ0n) is 36.0. The molecule has 4 nitrogen and oxygen atoms in total. The molecule has 0 aliphatic heterocycles. The van der Waals surface area contributed by atoms with Crippen LogP contribution in [0.3, 0.4) is 0 Å². The van der Waals surface area contributed by atoms with Crippen LogP contribution in [-0.2, 0) is 4.79 Å². The molecule has 0 aromatic carbocycles. The highest BCUT2D eigenvalue weighted by molar-refractivity contribution is 5.76. The number of amides is 1. The van der Waals surface area contributed by atoms with Crippen LogP contribution in [0.5, 0.6) is 0 Å². The van der Waals surface area contributed by atoms with E-state index in [9.17, 15) is 15.0 Å². The van der Waals surface area contributed by atoms with Crippen molar-refractivity contribution >= 4 is 5.91 Å². The minimum atomic E-state index is -0.836. The molecule has 0 aromatic rings. The van der Waals surface area contributed by atoms with Gasteiger partial charge in [-0.3, -0.25) is 4.79 Å². The molecule has 0 bridgehead atoms. The highest BCUT2D eigenvalue weighted by Crippen LogP contribution is 2.16. The first-order chi connectivity index (χ1) is 26.7. The lowest BCUT2D eigenvalue weighted by molar-refractivity contribution is -0.123. The van der Waals surface area contributed by atoms with Crippen molar-refractivity contribution in [2.24, 2.45) is 0 Å². The van der Waals surface area contributed by atoms with Crippen molar-refractivity contribution in [3.63, 3.8) is 0 Å². The number of unbranched alkanes of at least 4 members (excludes halogenated alkanes) is 27. The van der Waals surface area contributed by atoms with Crippen LogP contribution in [0.1, 0.15) is 232 Å². The molecule has 0 heterocycles. The van der Waals surface area contributed by atoms with Crippen LogP contribution < -0.4 is 5.32 Å². The van der Waals surface area contributed by atoms with Crippen molar-refractivity contribution in [1.82, 2.24) is 5.32 Å². The first-order valence-electron chi connectivity index (χ1n) is 23.5. The van der Waals surface area contributed by atoms with E-state index in [1.807, 2.05) is 6.08 Å². The maximum absolute atomic E-state index is 12.3. The zero-order chi connectivity index (χ0) is 39.3. The maximum atomic E-state index is 12.3. The molecule has 2 unspecified atom stereocenters. The Morgan fingerprint density at radius 1 is 0.463 bits per heavy atom. The summed E-state index contributed by atoms with van der Waals surface area (Å²) >= 11 is 0. The molecular weight excluding hydrogens is 663 g/mol. The molecule has 0 aliphatic carbocycles. The molecule has 0 aromatic heterocycles. The van der Waals surface area contributed by atoms with Gasteiger partial charge < -0.3 is 15.5 Å². The van der Waals surface area contributed by atoms with E-state index in [0.29, 0.717) is 6.42 Å². The van der Waals surface area contributed by atoms with E-state index in [4.69, 9.17) is 0 Å². The predicted molar refractivity (Wildman–Crippen MR) is 239 cm³/mol. The molecule has 0 rings (SSSR count). The second-order valence-electron chi connectivity index (χ2n) is 15.8. The Labute approximate surface area is 336 Å². The van der Waals surface area contributed by atoms with Gasteiger partial charge in [0.2, 0.25) is 5.91 Å². The number of aliphatic hydroxyl groups is 2. The minimum absolute atomic E-state index is 0.0658. The molecule has 0 saturated carbocycles. The molecule has 0 fully saturated rings. The Morgan fingerprint density at radius 3 is 1.22 bits per heavy atom. The Hall–Kier alpha value is -1.91. The van der Waals surface area contributed by atoms with Gasteiger partial charge in [0, 0.05) is 6.42 Å². The number of hydrogen-bond donors (Lipinski definition) is 3. The van der Waals surface area contributed by atoms with E-state index < -0.39 is 12.1 Å². The molecule has 3 N–H and O–H groups in total. The lowest BCUT2D eigenvalue weighted by Crippen LogP contribution is -2.45. The first-order valence-corrected chi connectivity index (χ1v) is 23.5. The zero-order valence-corrected chi connectivity index (χ0v) is 36.0. The van der Waals surface area contributed by atoms with E-state index in [1.165, 1.54) is 161 Å². The normalized spacial score (nSPS) is 13.5. The third kappa shape index (κ3) is 41.3. The van der Waals surface area contributed by atoms with Crippen LogP contribution in [0.4, 0.5) is 0 Å². The SMILES string of the molecule is CC/C=C\C/C=C\C/C=C\C/C=C\CCCCCCCCCCCCCCCCCCCCCCC(=O)NC(CO)C(O)/C=C/CCCCCCCCC. The number of aliphatic hydroxyl groups excluding tert-OH is 2. The van der Waals surface area contributed by atoms with Crippen molar-refractivity contribution in [1.29, 1.82) is 0 Å². The van der Waals surface area contributed by atoms with Crippen molar-refractivity contribution < 1.29 is 15.0 Å². The van der Waals surface area contributed by atoms with E-state index in [2.05, 4.69) is 67.8 Å². The van der Waals surface area contributed by atoms with Gasteiger partial charge in [-0.2, -0.15) is 0 Å². The van der Waals surface area contributed by atoms with Gasteiger partial charge in [0.1, 0.15) is 0 Å². The average Bonchev–Trinajstić information content (AvgIpc) is 3.18. The molecule has 1 amide bonds. The van der Waals surface area contributed by atoms with E-state index in [0.717, 1.165) is 51.4 Å². The second kappa shape index (κ2) is 45.5. The monoisotopic (exact) mass is 754 g/mol. The second-order valence-corrected chi connectivity index (χ2v) is 15.8. The van der Waals surface area contributed by atoms with E-state index in [-0.39, 0.29) is 12.5 Å². The average molecular weight is 754 g/mol. The Kier molecular flexibility index (Phi) is 43.9. The lowest BCUT2D eigenvalue weighted by Gasteiger charge is -2.20. The van der Waals surface area contributed by atoms with Crippen LogP contribution in [0.2, 0.25) is 0 Å². The fourth-order valence-corrected chi connectivity index (χ4v) is 6.93. The highest BCUT2D eigenvalue weighted by atomic mass is 16.3. The molecule has 0 saturated heterocycles. The Morgan fingerprint density at radius 2 is 0.815 bits per heavy atom. The number of carbonyl (C=O) groups excluding carboxylic acids is 1. The molecule has 0 aliphatic rings. The van der Waals surface area contributed by atoms with Gasteiger partial charge in [0.25, 0.3) is 0 Å². The van der Waals surface area contributed by atoms with Crippen molar-refractivity contribution in [3.8, 4) is 0 Å². The minimum Gasteiger partial charge on any atom is -0.394 e. The summed E-state index contributed by atoms with van der Waals surface area (Å²) in [4.78, 5) is 12.3. The highest BCUT2D eigenvalue weighted by Gasteiger charge is 2.17. The number of allylic oxidation sites excluding steroid dienone is 9. The predicted octanol–water partition coefficient (Wildman–Crippen LogP) is 14.9. The first kappa shape index (κ1) is 52.1. The third-order valence-corrected chi connectivity index (χ3v) is 10.5. The van der Waals surface area contributed by atoms with Crippen LogP contribution in [0, 0.1) is 0 Å². The van der Waals surface area contributed by atoms with Gasteiger partial charge in [0.15, 0.2) is 0 Å². The quantitative estimate of drug-likeness (QED) is 0.0429. The summed E-state index contributed by atoms with van der Waals surface area (Å²) in [6.07, 6.45) is 63.6. The molecule has 0 radical (unpaired) electrons. The standard InChI is InChI=1S/C50H91NO3/c1-3-5-7-9-11-13-14-15-16-17-18-19-20-21-22-23-24-25-26-27-28-29-30-31-32-33-34-35-36-38-40-42-44-46-50(54)51-48(47-52)49(53)45-43-41-39-37-12-10-8-6-4-2/h5,7,11,13,15-16,18-19,43,45,48-49,52-53H,3-4,6,8-10,12,14,17,20-42,44,46-47H2,1-2H3,(H,51,54)/b7-5-,13-11-,16-15-,19-18-,45-43+. The Balaban J connectivity index is 3.42. The van der Waals surface area contributed by atoms with Gasteiger partial charge in [-0.15, -0.1) is 0 Å². The molecule has 314 valence electrons. The van der Waals surface area contributed by atoms with Gasteiger partial charge in [0.05, 0.1) is 18.8 Å². The summed E-state index contributed by atoms with van der Waals surface area (Å²) < 4.78 is 0. The number of nitrogens with one attached hydrogen (secondary N) is 1. The topological polar surface area (TPSA) is 69.6 Å². The molecular formula is C50H91NO3. The summed E-state index contributed by atoms with van der Waals surface area (Å²) in [6, 6.07) is -0.619. The fraction of sp³-hybridized carbons (Fsp3) is 0.780. The number of hydrogen-bond acceptors (Lipinski definition) is 3. The van der Waals surface area contributed by atoms with E-state index in [1.54, 1.807) is 6.08 Å². The van der Waals surface area contributed by atoms with Gasteiger partial charge >= 0.3 is 0 Å². The maximum Gasteiger partial charge on any atom is 0.220 e. The smallest absolute Gasteiger partial charge is 0.220 e. The molecule has 4 heteroatoms. The largest absolute Gasteiger partial charge is 0.394 e. The van der Waals surface area contributed by atoms with E-state index >= 15 is 0 Å². The lowest BCUT2D eigenvalue weighted by atomic mass is 10.0. The van der Waals surface area contributed by atoms with Crippen molar-refractivity contribution in [2.45, 2.75) is 244 Å². The van der Waals surface area contributed by atoms with Crippen LogP contribution in [0.15, 0.2) is 60.8 Å². The Bertz CT molecular complexity index is 904. The van der Waals surface area contributed by atoms with Gasteiger partial charge in [-0.05, 0) is 57.8 Å². The van der Waals surface area contributed by atoms with Crippen molar-refractivity contribution in [2.75, 3.05) is 6.61 Å². The number of carbonyl (C=O) groups is 1. The number of rotatable bonds is 42. The van der Waals surface area contributed by atoms with Gasteiger partial charge in [-0.25, -0.2) is 0 Å². The third-order valence-electron chi connectivity index (χ3n) is 10.5. The van der Waals surface area contributed by atoms with Crippen molar-refractivity contribution in [3.05, 3.63) is 60.8 Å². The fourth-order valence-electron chi connectivity index (χ4n) is 6.93. The van der Waals surface area contributed by atoms with Crippen LogP contribution in [-0.4, -0.2) is 34.9 Å². The summed E-state index contributed by atoms with van der Waals surface area (Å²) in [5.74, 6) is -0.0658.